The first kappa shape index (κ1) is 22.5. The average Bonchev–Trinajstić information content (AvgIpc) is 3.43. The van der Waals surface area contributed by atoms with Gasteiger partial charge in [-0.25, -0.2) is 23.6 Å². The first-order valence-electron chi connectivity index (χ1n) is 11.1. The zero-order chi connectivity index (χ0) is 24.7. The largest absolute Gasteiger partial charge is 0.483 e. The molecule has 0 bridgehead atoms. The Morgan fingerprint density at radius 1 is 1.14 bits per heavy atom. The topological polar surface area (TPSA) is 86.8 Å². The van der Waals surface area contributed by atoms with E-state index in [1.807, 2.05) is 36.6 Å². The van der Waals surface area contributed by atoms with Crippen molar-refractivity contribution in [1.82, 2.24) is 19.5 Å². The van der Waals surface area contributed by atoms with Crippen LogP contribution in [0.1, 0.15) is 35.0 Å². The molecule has 1 saturated heterocycles. The number of aromatic nitrogens is 2. The minimum absolute atomic E-state index is 0.0699. The van der Waals surface area contributed by atoms with E-state index in [-0.39, 0.29) is 36.5 Å². The van der Waals surface area contributed by atoms with Crippen molar-refractivity contribution >= 4 is 12.2 Å². The smallest absolute Gasteiger partial charge is 0.341 e. The summed E-state index contributed by atoms with van der Waals surface area (Å²) in [6.07, 6.45) is 2.74. The third kappa shape index (κ3) is 4.21. The van der Waals surface area contributed by atoms with Crippen LogP contribution in [0.5, 0.6) is 5.75 Å². The van der Waals surface area contributed by atoms with Crippen molar-refractivity contribution in [3.05, 3.63) is 76.7 Å². The van der Waals surface area contributed by atoms with Gasteiger partial charge in [0, 0.05) is 30.1 Å². The van der Waals surface area contributed by atoms with E-state index in [0.29, 0.717) is 17.8 Å². The van der Waals surface area contributed by atoms with Crippen molar-refractivity contribution in [2.45, 2.75) is 32.4 Å². The lowest BCUT2D eigenvalue weighted by Crippen LogP contribution is -2.58. The number of carbonyl (C=O) groups excluding carboxylic acids is 1. The molecule has 35 heavy (non-hydrogen) atoms. The molecule has 0 N–H and O–H groups in total. The number of pyridine rings is 1. The summed E-state index contributed by atoms with van der Waals surface area (Å²) < 4.78 is 36.1. The third-order valence-corrected chi connectivity index (χ3v) is 6.18. The highest BCUT2D eigenvalue weighted by molar-refractivity contribution is 5.79. The quantitative estimate of drug-likeness (QED) is 0.563. The van der Waals surface area contributed by atoms with Crippen molar-refractivity contribution in [2.24, 2.45) is 5.10 Å². The minimum atomic E-state index is -0.579. The predicted octanol–water partition coefficient (Wildman–Crippen LogP) is 4.25. The van der Waals surface area contributed by atoms with Crippen molar-refractivity contribution < 1.29 is 18.3 Å². The van der Waals surface area contributed by atoms with E-state index in [9.17, 15) is 13.6 Å². The summed E-state index contributed by atoms with van der Waals surface area (Å²) >= 11 is 0. The second-order valence-corrected chi connectivity index (χ2v) is 8.63. The molecule has 10 heteroatoms. The van der Waals surface area contributed by atoms with Gasteiger partial charge in [-0.1, -0.05) is 0 Å². The number of hydrazone groups is 1. The minimum Gasteiger partial charge on any atom is -0.483 e. The normalized spacial score (nSPS) is 17.4. The van der Waals surface area contributed by atoms with Crippen LogP contribution in [0.4, 0.5) is 13.6 Å². The lowest BCUT2D eigenvalue weighted by Gasteiger charge is -2.41. The fourth-order valence-corrected chi connectivity index (χ4v) is 4.39. The molecule has 1 fully saturated rings. The molecule has 2 aliphatic rings. The second kappa shape index (κ2) is 8.83. The Balaban J connectivity index is 1.25. The van der Waals surface area contributed by atoms with Gasteiger partial charge in [0.05, 0.1) is 37.0 Å². The molecule has 4 heterocycles. The van der Waals surface area contributed by atoms with Gasteiger partial charge in [0.1, 0.15) is 17.7 Å². The molecule has 0 radical (unpaired) electrons. The summed E-state index contributed by atoms with van der Waals surface area (Å²) in [6.45, 7) is 4.38. The highest BCUT2D eigenvalue weighted by Gasteiger charge is 2.39. The summed E-state index contributed by atoms with van der Waals surface area (Å²) in [5.74, 6) is -0.500. The Morgan fingerprint density at radius 3 is 2.60 bits per heavy atom. The van der Waals surface area contributed by atoms with Gasteiger partial charge in [-0.2, -0.15) is 10.4 Å². The Kier molecular flexibility index (Phi) is 5.68. The molecule has 0 saturated carbocycles. The molecular formula is C25H22F2N6O2. The number of aryl methyl sites for hydroxylation is 2. The van der Waals surface area contributed by atoms with E-state index in [1.54, 1.807) is 18.3 Å². The summed E-state index contributed by atoms with van der Waals surface area (Å²) in [4.78, 5) is 18.7. The molecule has 0 aliphatic carbocycles. The van der Waals surface area contributed by atoms with Crippen molar-refractivity contribution in [2.75, 3.05) is 13.1 Å². The lowest BCUT2D eigenvalue weighted by atomic mass is 10.0. The SMILES string of the molecule is Cc1ccc(C)n1-c1cc(OC2CN(C(=O)N3N=CC[C@H]3c3cc(F)cc(C#N)c3)C2)c(F)cn1. The molecule has 0 unspecified atom stereocenters. The van der Waals surface area contributed by atoms with Crippen LogP contribution in [-0.4, -0.2) is 50.9 Å². The Bertz CT molecular complexity index is 1350. The number of halogens is 2. The zero-order valence-corrected chi connectivity index (χ0v) is 19.2. The fraction of sp³-hybridized carbons (Fsp3) is 0.280. The van der Waals surface area contributed by atoms with E-state index in [1.165, 1.54) is 16.0 Å². The number of nitriles is 1. The summed E-state index contributed by atoms with van der Waals surface area (Å²) in [5, 5.41) is 14.6. The van der Waals surface area contributed by atoms with Gasteiger partial charge in [-0.15, -0.1) is 0 Å². The van der Waals surface area contributed by atoms with E-state index < -0.39 is 17.7 Å². The number of urea groups is 1. The number of benzene rings is 1. The average molecular weight is 476 g/mol. The number of hydrogen-bond acceptors (Lipinski definition) is 5. The third-order valence-electron chi connectivity index (χ3n) is 6.18. The summed E-state index contributed by atoms with van der Waals surface area (Å²) in [6, 6.07) is 10.5. The maximum atomic E-state index is 14.4. The van der Waals surface area contributed by atoms with Crippen LogP contribution >= 0.6 is 0 Å². The molecular weight excluding hydrogens is 454 g/mol. The van der Waals surface area contributed by atoms with Gasteiger partial charge in [0.2, 0.25) is 0 Å². The van der Waals surface area contributed by atoms with Crippen LogP contribution < -0.4 is 4.74 Å². The molecule has 1 aromatic carbocycles. The molecule has 2 amide bonds. The first-order chi connectivity index (χ1) is 16.8. The Morgan fingerprint density at radius 2 is 1.89 bits per heavy atom. The van der Waals surface area contributed by atoms with Gasteiger partial charge in [-0.05, 0) is 49.7 Å². The molecule has 8 nitrogen and oxygen atoms in total. The molecule has 1 atom stereocenters. The number of rotatable bonds is 4. The Labute approximate surface area is 200 Å². The second-order valence-electron chi connectivity index (χ2n) is 8.63. The number of nitrogens with zero attached hydrogens (tertiary/aromatic N) is 6. The molecule has 2 aliphatic heterocycles. The lowest BCUT2D eigenvalue weighted by molar-refractivity contribution is 0.0256. The first-order valence-corrected chi connectivity index (χ1v) is 11.1. The van der Waals surface area contributed by atoms with Crippen LogP contribution in [0.2, 0.25) is 0 Å². The number of hydrogen-bond donors (Lipinski definition) is 0. The maximum absolute atomic E-state index is 14.4. The van der Waals surface area contributed by atoms with Gasteiger partial charge in [0.25, 0.3) is 0 Å². The van der Waals surface area contributed by atoms with Crippen LogP contribution in [-0.2, 0) is 0 Å². The van der Waals surface area contributed by atoms with Crippen LogP contribution in [0.3, 0.4) is 0 Å². The molecule has 3 aromatic rings. The zero-order valence-electron chi connectivity index (χ0n) is 19.2. The van der Waals surface area contributed by atoms with E-state index in [4.69, 9.17) is 10.00 Å². The van der Waals surface area contributed by atoms with Crippen molar-refractivity contribution in [1.29, 1.82) is 5.26 Å². The van der Waals surface area contributed by atoms with Crippen LogP contribution in [0, 0.1) is 36.8 Å². The molecule has 5 rings (SSSR count). The monoisotopic (exact) mass is 476 g/mol. The van der Waals surface area contributed by atoms with Gasteiger partial charge in [-0.3, -0.25) is 0 Å². The predicted molar refractivity (Wildman–Crippen MR) is 123 cm³/mol. The van der Waals surface area contributed by atoms with Gasteiger partial charge in [0.15, 0.2) is 11.6 Å². The fourth-order valence-electron chi connectivity index (χ4n) is 4.39. The van der Waals surface area contributed by atoms with Crippen molar-refractivity contribution in [3.63, 3.8) is 0 Å². The maximum Gasteiger partial charge on any atom is 0.341 e. The van der Waals surface area contributed by atoms with Crippen molar-refractivity contribution in [3.8, 4) is 17.6 Å². The Hall–Kier alpha value is -4.26. The standard InChI is InChI=1S/C25H22F2N6O2/c1-15-3-4-16(2)32(15)24-10-23(21(27)12-29-24)35-20-13-31(14-20)25(34)33-22(5-6-30-33)18-7-17(11-28)8-19(26)9-18/h3-4,6-10,12,20,22H,5,13-14H2,1-2H3/t22-/m0/s1. The summed E-state index contributed by atoms with van der Waals surface area (Å²) in [7, 11) is 0. The highest BCUT2D eigenvalue weighted by Crippen LogP contribution is 2.32. The molecule has 178 valence electrons. The van der Waals surface area contributed by atoms with Crippen LogP contribution in [0.15, 0.2) is 47.7 Å². The molecule has 2 aromatic heterocycles. The number of amides is 2. The number of carbonyl (C=O) groups is 1. The van der Waals surface area contributed by atoms with Gasteiger partial charge >= 0.3 is 6.03 Å². The highest BCUT2D eigenvalue weighted by atomic mass is 19.1. The van der Waals surface area contributed by atoms with Gasteiger partial charge < -0.3 is 14.2 Å². The van der Waals surface area contributed by atoms with E-state index in [0.717, 1.165) is 23.7 Å². The summed E-state index contributed by atoms with van der Waals surface area (Å²) in [5.41, 5.74) is 2.62. The molecule has 0 spiro atoms. The van der Waals surface area contributed by atoms with E-state index in [2.05, 4.69) is 10.1 Å². The number of ether oxygens (including phenoxy) is 1. The number of likely N-dealkylation sites (tertiary alicyclic amines) is 1. The van der Waals surface area contributed by atoms with Crippen LogP contribution in [0.25, 0.3) is 5.82 Å². The van der Waals surface area contributed by atoms with E-state index >= 15 is 0 Å².